The Hall–Kier alpha value is -0.820. The molecule has 0 radical (unpaired) electrons. The van der Waals surface area contributed by atoms with Gasteiger partial charge >= 0.3 is 0 Å². The lowest BCUT2D eigenvalue weighted by Gasteiger charge is -2.29. The Morgan fingerprint density at radius 2 is 1.69 bits per heavy atom. The molecule has 70 valence electrons. The van der Waals surface area contributed by atoms with Crippen molar-refractivity contribution >= 4 is 0 Å². The van der Waals surface area contributed by atoms with E-state index in [4.69, 9.17) is 0 Å². The van der Waals surface area contributed by atoms with Crippen molar-refractivity contribution < 1.29 is 0 Å². The zero-order valence-corrected chi connectivity index (χ0v) is 8.22. The fraction of sp³-hybridized carbons (Fsp3) is 0.500. The van der Waals surface area contributed by atoms with Gasteiger partial charge in [-0.2, -0.15) is 0 Å². The number of hydrogen-bond acceptors (Lipinski definition) is 1. The smallest absolute Gasteiger partial charge is 0.0432 e. The van der Waals surface area contributed by atoms with Crippen LogP contribution in [0.3, 0.4) is 0 Å². The van der Waals surface area contributed by atoms with Crippen LogP contribution in [0.15, 0.2) is 30.3 Å². The van der Waals surface area contributed by atoms with Crippen molar-refractivity contribution in [1.82, 2.24) is 5.32 Å². The molecule has 1 nitrogen and oxygen atoms in total. The molecule has 1 aliphatic carbocycles. The van der Waals surface area contributed by atoms with Crippen molar-refractivity contribution in [2.45, 2.75) is 31.2 Å². The summed E-state index contributed by atoms with van der Waals surface area (Å²) >= 11 is 0. The van der Waals surface area contributed by atoms with Crippen LogP contribution in [0.5, 0.6) is 0 Å². The first kappa shape index (κ1) is 8.76. The van der Waals surface area contributed by atoms with Crippen LogP contribution in [0.1, 0.15) is 31.2 Å². The van der Waals surface area contributed by atoms with Gasteiger partial charge in [0.05, 0.1) is 0 Å². The molecular formula is C12H17N. The SMILES string of the molecule is CNC1(c2ccccc2)CCCC1. The van der Waals surface area contributed by atoms with Gasteiger partial charge in [-0.25, -0.2) is 0 Å². The summed E-state index contributed by atoms with van der Waals surface area (Å²) in [6, 6.07) is 10.8. The van der Waals surface area contributed by atoms with Crippen molar-refractivity contribution in [1.29, 1.82) is 0 Å². The van der Waals surface area contributed by atoms with Gasteiger partial charge in [0.2, 0.25) is 0 Å². The Balaban J connectivity index is 2.31. The van der Waals surface area contributed by atoms with E-state index in [1.54, 1.807) is 0 Å². The van der Waals surface area contributed by atoms with Crippen molar-refractivity contribution in [2.24, 2.45) is 0 Å². The third-order valence-electron chi connectivity index (χ3n) is 3.26. The standard InChI is InChI=1S/C12H17N/c1-13-12(9-5-6-10-12)11-7-3-2-4-8-11/h2-4,7-8,13H,5-6,9-10H2,1H3. The fourth-order valence-electron chi connectivity index (χ4n) is 2.42. The molecule has 0 aromatic heterocycles. The summed E-state index contributed by atoms with van der Waals surface area (Å²) in [5, 5.41) is 3.49. The molecule has 0 bridgehead atoms. The topological polar surface area (TPSA) is 12.0 Å². The first-order valence-electron chi connectivity index (χ1n) is 5.12. The monoisotopic (exact) mass is 175 g/mol. The fourth-order valence-corrected chi connectivity index (χ4v) is 2.42. The van der Waals surface area contributed by atoms with Gasteiger partial charge in [-0.3, -0.25) is 0 Å². The van der Waals surface area contributed by atoms with Gasteiger partial charge in [0.25, 0.3) is 0 Å². The van der Waals surface area contributed by atoms with Crippen molar-refractivity contribution in [3.63, 3.8) is 0 Å². The van der Waals surface area contributed by atoms with Gasteiger partial charge in [-0.1, -0.05) is 43.2 Å². The molecule has 1 saturated carbocycles. The Kier molecular flexibility index (Phi) is 2.36. The highest BCUT2D eigenvalue weighted by Crippen LogP contribution is 2.37. The molecule has 0 amide bonds. The zero-order valence-electron chi connectivity index (χ0n) is 8.22. The molecule has 13 heavy (non-hydrogen) atoms. The minimum absolute atomic E-state index is 0.279. The molecular weight excluding hydrogens is 158 g/mol. The van der Waals surface area contributed by atoms with Gasteiger partial charge in [0.15, 0.2) is 0 Å². The summed E-state index contributed by atoms with van der Waals surface area (Å²) in [4.78, 5) is 0. The van der Waals surface area contributed by atoms with E-state index in [0.29, 0.717) is 0 Å². The molecule has 0 spiro atoms. The average molecular weight is 175 g/mol. The summed E-state index contributed by atoms with van der Waals surface area (Å²) < 4.78 is 0. The highest BCUT2D eigenvalue weighted by Gasteiger charge is 2.33. The van der Waals surface area contributed by atoms with Crippen molar-refractivity contribution in [2.75, 3.05) is 7.05 Å². The van der Waals surface area contributed by atoms with Crippen molar-refractivity contribution in [3.05, 3.63) is 35.9 Å². The van der Waals surface area contributed by atoms with E-state index in [-0.39, 0.29) is 5.54 Å². The summed E-state index contributed by atoms with van der Waals surface area (Å²) in [6.45, 7) is 0. The Labute approximate surface area is 80.2 Å². The highest BCUT2D eigenvalue weighted by molar-refractivity contribution is 5.25. The molecule has 1 aromatic carbocycles. The van der Waals surface area contributed by atoms with E-state index in [1.165, 1.54) is 31.2 Å². The van der Waals surface area contributed by atoms with E-state index in [9.17, 15) is 0 Å². The maximum Gasteiger partial charge on any atom is 0.0432 e. The van der Waals surface area contributed by atoms with Crippen molar-refractivity contribution in [3.8, 4) is 0 Å². The Bertz CT molecular complexity index is 260. The number of hydrogen-bond donors (Lipinski definition) is 1. The molecule has 1 heteroatoms. The summed E-state index contributed by atoms with van der Waals surface area (Å²) in [6.07, 6.45) is 5.28. The van der Waals surface area contributed by atoms with E-state index in [0.717, 1.165) is 0 Å². The van der Waals surface area contributed by atoms with E-state index >= 15 is 0 Å². The van der Waals surface area contributed by atoms with E-state index < -0.39 is 0 Å². The third-order valence-corrected chi connectivity index (χ3v) is 3.26. The summed E-state index contributed by atoms with van der Waals surface area (Å²) in [5.41, 5.74) is 1.73. The first-order chi connectivity index (χ1) is 6.37. The number of rotatable bonds is 2. The third kappa shape index (κ3) is 1.49. The van der Waals surface area contributed by atoms with Gasteiger partial charge in [0, 0.05) is 5.54 Å². The first-order valence-corrected chi connectivity index (χ1v) is 5.12. The quantitative estimate of drug-likeness (QED) is 0.728. The molecule has 0 saturated heterocycles. The predicted molar refractivity (Wildman–Crippen MR) is 55.6 cm³/mol. The molecule has 0 aliphatic heterocycles. The number of benzene rings is 1. The van der Waals surface area contributed by atoms with Crippen LogP contribution in [0.2, 0.25) is 0 Å². The summed E-state index contributed by atoms with van der Waals surface area (Å²) in [7, 11) is 2.08. The molecule has 1 aromatic rings. The average Bonchev–Trinajstić information content (AvgIpc) is 2.69. The lowest BCUT2D eigenvalue weighted by atomic mass is 9.88. The summed E-state index contributed by atoms with van der Waals surface area (Å²) in [5.74, 6) is 0. The lowest BCUT2D eigenvalue weighted by Crippen LogP contribution is -2.36. The van der Waals surface area contributed by atoms with Crippen LogP contribution in [-0.4, -0.2) is 7.05 Å². The zero-order chi connectivity index (χ0) is 9.15. The van der Waals surface area contributed by atoms with Crippen LogP contribution in [0, 0.1) is 0 Å². The Morgan fingerprint density at radius 1 is 1.08 bits per heavy atom. The van der Waals surface area contributed by atoms with Crippen LogP contribution in [-0.2, 0) is 5.54 Å². The predicted octanol–water partition coefficient (Wildman–Crippen LogP) is 2.68. The van der Waals surface area contributed by atoms with Crippen LogP contribution < -0.4 is 5.32 Å². The Morgan fingerprint density at radius 3 is 2.23 bits per heavy atom. The molecule has 0 heterocycles. The second kappa shape index (κ2) is 3.51. The van der Waals surface area contributed by atoms with Gasteiger partial charge in [-0.15, -0.1) is 0 Å². The van der Waals surface area contributed by atoms with Gasteiger partial charge < -0.3 is 5.32 Å². The normalized spacial score (nSPS) is 20.4. The minimum Gasteiger partial charge on any atom is -0.310 e. The molecule has 1 aliphatic rings. The van der Waals surface area contributed by atoms with Crippen LogP contribution in [0.4, 0.5) is 0 Å². The van der Waals surface area contributed by atoms with Gasteiger partial charge in [0.1, 0.15) is 0 Å². The van der Waals surface area contributed by atoms with Crippen LogP contribution in [0.25, 0.3) is 0 Å². The second-order valence-electron chi connectivity index (χ2n) is 3.91. The maximum atomic E-state index is 3.49. The molecule has 1 fully saturated rings. The minimum atomic E-state index is 0.279. The molecule has 1 N–H and O–H groups in total. The highest BCUT2D eigenvalue weighted by atomic mass is 14.9. The van der Waals surface area contributed by atoms with E-state index in [2.05, 4.69) is 42.7 Å². The second-order valence-corrected chi connectivity index (χ2v) is 3.91. The molecule has 0 atom stereocenters. The van der Waals surface area contributed by atoms with Gasteiger partial charge in [-0.05, 0) is 25.5 Å². The van der Waals surface area contributed by atoms with Crippen LogP contribution >= 0.6 is 0 Å². The molecule has 0 unspecified atom stereocenters. The van der Waals surface area contributed by atoms with E-state index in [1.807, 2.05) is 0 Å². The molecule has 2 rings (SSSR count). The maximum absolute atomic E-state index is 3.49. The largest absolute Gasteiger partial charge is 0.310 e. The lowest BCUT2D eigenvalue weighted by molar-refractivity contribution is 0.372. The number of nitrogens with one attached hydrogen (secondary N) is 1.